The molecule has 1 N–H and O–H groups in total. The van der Waals surface area contributed by atoms with Gasteiger partial charge in [0.05, 0.1) is 41.2 Å². The molecule has 1 saturated heterocycles. The van der Waals surface area contributed by atoms with Crippen LogP contribution in [-0.4, -0.2) is 76.3 Å². The first-order valence-electron chi connectivity index (χ1n) is 13.8. The molecule has 0 unspecified atom stereocenters. The van der Waals surface area contributed by atoms with Crippen molar-refractivity contribution >= 4 is 17.2 Å². The lowest BCUT2D eigenvalue weighted by atomic mass is 9.86. The number of hydrogen-bond acceptors (Lipinski definition) is 8. The van der Waals surface area contributed by atoms with E-state index in [0.717, 1.165) is 23.0 Å². The minimum Gasteiger partial charge on any atom is -0.492 e. The maximum Gasteiger partial charge on any atom is 0.418 e. The molecule has 13 heteroatoms. The number of alkyl halides is 3. The minimum absolute atomic E-state index is 0.436. The van der Waals surface area contributed by atoms with Gasteiger partial charge in [-0.2, -0.15) is 23.5 Å². The number of halogens is 3. The zero-order chi connectivity index (χ0) is 30.8. The van der Waals surface area contributed by atoms with E-state index in [4.69, 9.17) is 9.72 Å². The van der Waals surface area contributed by atoms with Crippen LogP contribution in [0.15, 0.2) is 55.1 Å². The van der Waals surface area contributed by atoms with E-state index < -0.39 is 28.9 Å². The number of piperidine rings is 1. The zero-order valence-electron chi connectivity index (χ0n) is 24.0. The highest BCUT2D eigenvalue weighted by Gasteiger charge is 2.40. The van der Waals surface area contributed by atoms with Crippen molar-refractivity contribution in [3.63, 3.8) is 0 Å². The average molecular weight is 593 g/mol. The molecular weight excluding hydrogens is 561 g/mol. The monoisotopic (exact) mass is 592 g/mol. The van der Waals surface area contributed by atoms with Crippen LogP contribution >= 0.6 is 0 Å². The molecule has 0 radical (unpaired) electrons. The Balaban J connectivity index is 1.36. The second-order valence-corrected chi connectivity index (χ2v) is 10.7. The number of pyridine rings is 3. The fourth-order valence-electron chi connectivity index (χ4n) is 5.58. The third-order valence-corrected chi connectivity index (χ3v) is 7.45. The number of anilines is 1. The van der Waals surface area contributed by atoms with Crippen LogP contribution in [0, 0.1) is 11.3 Å². The molecule has 0 aliphatic carbocycles. The number of hydrogen-bond donors (Lipinski definition) is 1. The van der Waals surface area contributed by atoms with Gasteiger partial charge in [0.25, 0.3) is 5.91 Å². The second kappa shape index (κ2) is 11.9. The molecule has 10 nitrogen and oxygen atoms in total. The van der Waals surface area contributed by atoms with Crippen molar-refractivity contribution < 1.29 is 22.7 Å². The number of ether oxygens (including phenoxy) is 1. The number of nitrogens with zero attached hydrogens (tertiary/aromatic N) is 7. The van der Waals surface area contributed by atoms with E-state index in [9.17, 15) is 23.2 Å². The highest BCUT2D eigenvalue weighted by atomic mass is 19.4. The predicted octanol–water partition coefficient (Wildman–Crippen LogP) is 4.41. The maximum atomic E-state index is 13.6. The number of carbonyl (C=O) groups is 1. The van der Waals surface area contributed by atoms with Gasteiger partial charge in [0, 0.05) is 43.2 Å². The molecule has 0 aromatic carbocycles. The van der Waals surface area contributed by atoms with Gasteiger partial charge in [-0.3, -0.25) is 9.78 Å². The Morgan fingerprint density at radius 2 is 1.95 bits per heavy atom. The summed E-state index contributed by atoms with van der Waals surface area (Å²) in [6.07, 6.45) is 2.46. The topological polar surface area (TPSA) is 112 Å². The van der Waals surface area contributed by atoms with Crippen LogP contribution in [0.25, 0.3) is 16.6 Å². The molecular formula is C30H31F3N8O2. The Morgan fingerprint density at radius 3 is 2.58 bits per heavy atom. The maximum absolute atomic E-state index is 13.6. The highest BCUT2D eigenvalue weighted by molar-refractivity contribution is 5.94. The van der Waals surface area contributed by atoms with E-state index in [1.54, 1.807) is 16.9 Å². The summed E-state index contributed by atoms with van der Waals surface area (Å²) in [6, 6.07) is 9.90. The molecule has 1 aliphatic heterocycles. The number of nitrogens with one attached hydrogen (secondary N) is 1. The van der Waals surface area contributed by atoms with E-state index in [2.05, 4.69) is 26.4 Å². The van der Waals surface area contributed by atoms with Crippen molar-refractivity contribution in [1.82, 2.24) is 29.8 Å². The molecule has 43 heavy (non-hydrogen) atoms. The van der Waals surface area contributed by atoms with Crippen molar-refractivity contribution in [2.45, 2.75) is 31.5 Å². The molecule has 5 rings (SSSR count). The van der Waals surface area contributed by atoms with Crippen LogP contribution in [0.5, 0.6) is 5.75 Å². The molecule has 1 amide bonds. The quantitative estimate of drug-likeness (QED) is 0.320. The van der Waals surface area contributed by atoms with Crippen LogP contribution in [-0.2, 0) is 6.18 Å². The number of aromatic nitrogens is 4. The summed E-state index contributed by atoms with van der Waals surface area (Å²) in [5.74, 6) is 0.497. The summed E-state index contributed by atoms with van der Waals surface area (Å²) >= 11 is 0. The van der Waals surface area contributed by atoms with Crippen molar-refractivity contribution in [2.75, 3.05) is 45.2 Å². The molecule has 1 aliphatic rings. The Labute approximate surface area is 246 Å². The smallest absolute Gasteiger partial charge is 0.418 e. The van der Waals surface area contributed by atoms with Gasteiger partial charge in [0.1, 0.15) is 23.3 Å². The summed E-state index contributed by atoms with van der Waals surface area (Å²) in [5, 5.41) is 16.8. The Kier molecular flexibility index (Phi) is 8.23. The fourth-order valence-corrected chi connectivity index (χ4v) is 5.58. The first kappa shape index (κ1) is 29.8. The number of rotatable bonds is 8. The molecule has 0 bridgehead atoms. The third kappa shape index (κ3) is 6.24. The van der Waals surface area contributed by atoms with Gasteiger partial charge >= 0.3 is 6.18 Å². The molecule has 224 valence electrons. The lowest BCUT2D eigenvalue weighted by Crippen LogP contribution is -2.60. The number of fused-ring (bicyclic) bond motifs is 1. The Bertz CT molecular complexity index is 1650. The van der Waals surface area contributed by atoms with Crippen LogP contribution in [0.4, 0.5) is 19.0 Å². The Hall–Kier alpha value is -4.70. The van der Waals surface area contributed by atoms with Gasteiger partial charge in [0.2, 0.25) is 0 Å². The molecule has 0 atom stereocenters. The summed E-state index contributed by atoms with van der Waals surface area (Å²) < 4.78 is 48.0. The molecule has 0 saturated carbocycles. The van der Waals surface area contributed by atoms with E-state index in [1.807, 2.05) is 44.1 Å². The van der Waals surface area contributed by atoms with Crippen molar-refractivity contribution in [3.05, 3.63) is 71.9 Å². The SMILES string of the molecule is CCOc1cc(-c2ccc(N3CCC(CN(C)C)(NC(=O)c4ncccc4C(F)(F)F)CC3)nc2)c2c(C#N)cnn2c1. The number of amides is 1. The zero-order valence-corrected chi connectivity index (χ0v) is 24.0. The predicted molar refractivity (Wildman–Crippen MR) is 154 cm³/mol. The second-order valence-electron chi connectivity index (χ2n) is 10.7. The lowest BCUT2D eigenvalue weighted by Gasteiger charge is -2.44. The van der Waals surface area contributed by atoms with Crippen molar-refractivity contribution in [3.8, 4) is 22.9 Å². The largest absolute Gasteiger partial charge is 0.492 e. The van der Waals surface area contributed by atoms with Gasteiger partial charge in [0.15, 0.2) is 0 Å². The summed E-state index contributed by atoms with van der Waals surface area (Å²) in [4.78, 5) is 25.6. The summed E-state index contributed by atoms with van der Waals surface area (Å²) in [7, 11) is 3.72. The van der Waals surface area contributed by atoms with E-state index in [0.29, 0.717) is 55.9 Å². The van der Waals surface area contributed by atoms with Gasteiger partial charge in [-0.15, -0.1) is 0 Å². The number of carbonyl (C=O) groups excluding carboxylic acids is 1. The van der Waals surface area contributed by atoms with E-state index in [-0.39, 0.29) is 0 Å². The van der Waals surface area contributed by atoms with Crippen LogP contribution < -0.4 is 15.0 Å². The van der Waals surface area contributed by atoms with E-state index in [1.165, 1.54) is 18.5 Å². The average Bonchev–Trinajstić information content (AvgIpc) is 3.40. The van der Waals surface area contributed by atoms with Crippen LogP contribution in [0.3, 0.4) is 0 Å². The van der Waals surface area contributed by atoms with Gasteiger partial charge in [-0.05, 0) is 64.2 Å². The molecule has 4 aromatic heterocycles. The summed E-state index contributed by atoms with van der Waals surface area (Å²) in [5.41, 5.74) is 0.199. The van der Waals surface area contributed by atoms with Gasteiger partial charge < -0.3 is 19.9 Å². The first-order valence-corrected chi connectivity index (χ1v) is 13.8. The summed E-state index contributed by atoms with van der Waals surface area (Å²) in [6.45, 7) is 3.87. The minimum atomic E-state index is -4.69. The highest BCUT2D eigenvalue weighted by Crippen LogP contribution is 2.34. The third-order valence-electron chi connectivity index (χ3n) is 7.45. The van der Waals surface area contributed by atoms with E-state index >= 15 is 0 Å². The van der Waals surface area contributed by atoms with Crippen LogP contribution in [0.1, 0.15) is 41.4 Å². The lowest BCUT2D eigenvalue weighted by molar-refractivity contribution is -0.138. The molecule has 5 heterocycles. The van der Waals surface area contributed by atoms with Crippen molar-refractivity contribution in [1.29, 1.82) is 5.26 Å². The van der Waals surface area contributed by atoms with Crippen LogP contribution in [0.2, 0.25) is 0 Å². The normalized spacial score (nSPS) is 15.0. The fraction of sp³-hybridized carbons (Fsp3) is 0.367. The van der Waals surface area contributed by atoms with Gasteiger partial charge in [-0.1, -0.05) is 0 Å². The van der Waals surface area contributed by atoms with Crippen molar-refractivity contribution in [2.24, 2.45) is 0 Å². The molecule has 4 aromatic rings. The number of nitriles is 1. The Morgan fingerprint density at radius 1 is 1.19 bits per heavy atom. The molecule has 0 spiro atoms. The molecule has 1 fully saturated rings. The standard InChI is InChI=1S/C30H31F3N8O2/c1-4-43-22-14-23(27-21(15-34)17-37-41(27)18-22)20-7-8-25(36-16-20)40-12-9-29(10-13-40,19-39(2)3)38-28(42)26-24(30(31,32)33)6-5-11-35-26/h5-8,11,14,16-18H,4,9-10,12-13,19H2,1-3H3,(H,38,42). The first-order chi connectivity index (χ1) is 20.5. The van der Waals surface area contributed by atoms with Gasteiger partial charge in [-0.25, -0.2) is 9.50 Å². The number of likely N-dealkylation sites (N-methyl/N-ethyl adjacent to an activating group) is 1.